The van der Waals surface area contributed by atoms with Crippen molar-refractivity contribution in [1.29, 1.82) is 0 Å². The molecule has 1 heterocycles. The summed E-state index contributed by atoms with van der Waals surface area (Å²) in [6.45, 7) is 8.51. The first-order valence-corrected chi connectivity index (χ1v) is 11.8. The summed E-state index contributed by atoms with van der Waals surface area (Å²) in [4.78, 5) is 29.7. The van der Waals surface area contributed by atoms with Crippen molar-refractivity contribution in [3.05, 3.63) is 71.0 Å². The normalized spacial score (nSPS) is 16.7. The first-order chi connectivity index (χ1) is 16.5. The highest BCUT2D eigenvalue weighted by Gasteiger charge is 2.31. The van der Waals surface area contributed by atoms with Crippen LogP contribution in [0.4, 0.5) is 4.39 Å². The first kappa shape index (κ1) is 26.4. The van der Waals surface area contributed by atoms with E-state index in [4.69, 9.17) is 4.74 Å². The zero-order chi connectivity index (χ0) is 25.6. The van der Waals surface area contributed by atoms with Gasteiger partial charge in [0, 0.05) is 30.8 Å². The number of nitrogens with zero attached hydrogens (tertiary/aromatic N) is 2. The Morgan fingerprint density at radius 2 is 1.94 bits per heavy atom. The molecule has 0 bridgehead atoms. The second-order valence-corrected chi connectivity index (χ2v) is 9.83. The fourth-order valence-electron chi connectivity index (χ4n) is 3.83. The quantitative estimate of drug-likeness (QED) is 0.643. The summed E-state index contributed by atoms with van der Waals surface area (Å²) >= 11 is 0. The molecule has 0 radical (unpaired) electrons. The number of carbonyl (C=O) groups excluding carboxylic acids is 2. The summed E-state index contributed by atoms with van der Waals surface area (Å²) in [7, 11) is 0. The second-order valence-electron chi connectivity index (χ2n) is 9.83. The highest BCUT2D eigenvalue weighted by Crippen LogP contribution is 2.16. The summed E-state index contributed by atoms with van der Waals surface area (Å²) in [6.07, 6.45) is -0.425. The van der Waals surface area contributed by atoms with Crippen LogP contribution in [0, 0.1) is 23.6 Å². The third-order valence-electron chi connectivity index (χ3n) is 5.40. The molecule has 1 unspecified atom stereocenters. The van der Waals surface area contributed by atoms with E-state index < -0.39 is 11.7 Å². The van der Waals surface area contributed by atoms with Crippen LogP contribution in [0.15, 0.2) is 48.5 Å². The number of benzene rings is 2. The Bertz CT molecular complexity index is 1110. The van der Waals surface area contributed by atoms with Gasteiger partial charge >= 0.3 is 0 Å². The summed E-state index contributed by atoms with van der Waals surface area (Å²) in [5.74, 6) is 5.11. The minimum absolute atomic E-state index is 0.0506. The fraction of sp³-hybridized carbons (Fsp3) is 0.429. The lowest BCUT2D eigenvalue weighted by molar-refractivity contribution is -0.132. The van der Waals surface area contributed by atoms with E-state index >= 15 is 0 Å². The lowest BCUT2D eigenvalue weighted by Gasteiger charge is -2.26. The zero-order valence-corrected chi connectivity index (χ0v) is 20.8. The Kier molecular flexibility index (Phi) is 8.66. The monoisotopic (exact) mass is 480 g/mol. The van der Waals surface area contributed by atoms with Gasteiger partial charge in [-0.2, -0.15) is 0 Å². The van der Waals surface area contributed by atoms with E-state index in [0.29, 0.717) is 29.8 Å². The first-order valence-electron chi connectivity index (χ1n) is 11.8. The number of halogens is 1. The van der Waals surface area contributed by atoms with Crippen molar-refractivity contribution >= 4 is 11.8 Å². The molecular formula is C28H33FN2O4. The highest BCUT2D eigenvalue weighted by molar-refractivity contribution is 5.97. The van der Waals surface area contributed by atoms with E-state index in [1.54, 1.807) is 55.1 Å². The van der Waals surface area contributed by atoms with Crippen molar-refractivity contribution in [1.82, 2.24) is 9.80 Å². The maximum atomic E-state index is 13.6. The van der Waals surface area contributed by atoms with E-state index in [1.165, 1.54) is 17.0 Å². The highest BCUT2D eigenvalue weighted by atomic mass is 19.1. The topological polar surface area (TPSA) is 70.1 Å². The molecule has 0 aromatic heterocycles. The molecule has 6 nitrogen and oxygen atoms in total. The van der Waals surface area contributed by atoms with Gasteiger partial charge < -0.3 is 19.6 Å². The largest absolute Gasteiger partial charge is 0.378 e. The standard InChI is InChI=1S/C28H33FN2O4/c1-20(2)15-30-16-25(35-19-22-8-6-10-24(29)14-22)17-31(18-26(30)32)27(33)23-9-5-7-21(13-23)11-12-28(3,4)34/h5-10,13-14,20,25,34H,15-19H2,1-4H3. The van der Waals surface area contributed by atoms with Crippen LogP contribution >= 0.6 is 0 Å². The van der Waals surface area contributed by atoms with E-state index in [9.17, 15) is 19.1 Å². The van der Waals surface area contributed by atoms with Crippen LogP contribution in [-0.4, -0.2) is 64.6 Å². The maximum absolute atomic E-state index is 13.6. The number of ether oxygens (including phenoxy) is 1. The van der Waals surface area contributed by atoms with Crippen LogP contribution in [0.1, 0.15) is 49.2 Å². The molecule has 1 N–H and O–H groups in total. The molecule has 1 atom stereocenters. The van der Waals surface area contributed by atoms with Gasteiger partial charge in [-0.05, 0) is 55.7 Å². The molecule has 3 rings (SSSR count). The third-order valence-corrected chi connectivity index (χ3v) is 5.40. The van der Waals surface area contributed by atoms with Crippen molar-refractivity contribution in [3.63, 3.8) is 0 Å². The molecular weight excluding hydrogens is 447 g/mol. The number of aliphatic hydroxyl groups is 1. The van der Waals surface area contributed by atoms with Gasteiger partial charge in [-0.25, -0.2) is 4.39 Å². The SMILES string of the molecule is CC(C)CN1CC(OCc2cccc(F)c2)CN(C(=O)c2cccc(C#CC(C)(C)O)c2)CC1=O. The third kappa shape index (κ3) is 8.20. The summed E-state index contributed by atoms with van der Waals surface area (Å²) in [6, 6.07) is 13.0. The van der Waals surface area contributed by atoms with Gasteiger partial charge in [0.2, 0.25) is 5.91 Å². The average Bonchev–Trinajstić information content (AvgIpc) is 2.94. The molecule has 2 amide bonds. The minimum atomic E-state index is -1.15. The molecule has 1 fully saturated rings. The number of carbonyl (C=O) groups is 2. The van der Waals surface area contributed by atoms with Crippen LogP contribution in [0.2, 0.25) is 0 Å². The number of rotatable bonds is 6. The van der Waals surface area contributed by atoms with Crippen LogP contribution < -0.4 is 0 Å². The van der Waals surface area contributed by atoms with Gasteiger partial charge in [0.25, 0.3) is 5.91 Å². The van der Waals surface area contributed by atoms with Crippen molar-refractivity contribution in [2.24, 2.45) is 5.92 Å². The minimum Gasteiger partial charge on any atom is -0.378 e. The van der Waals surface area contributed by atoms with Crippen molar-refractivity contribution in [2.45, 2.75) is 46.0 Å². The van der Waals surface area contributed by atoms with E-state index in [2.05, 4.69) is 11.8 Å². The number of hydrogen-bond acceptors (Lipinski definition) is 4. The maximum Gasteiger partial charge on any atom is 0.254 e. The zero-order valence-electron chi connectivity index (χ0n) is 20.8. The van der Waals surface area contributed by atoms with Gasteiger partial charge in [-0.3, -0.25) is 9.59 Å². The molecule has 1 aliphatic rings. The Balaban J connectivity index is 1.81. The molecule has 1 saturated heterocycles. The van der Waals surface area contributed by atoms with Crippen LogP contribution in [-0.2, 0) is 16.1 Å². The van der Waals surface area contributed by atoms with E-state index in [1.807, 2.05) is 13.8 Å². The Hall–Kier alpha value is -3.21. The Labute approximate surface area is 206 Å². The second kappa shape index (κ2) is 11.5. The molecule has 0 aliphatic carbocycles. The molecule has 35 heavy (non-hydrogen) atoms. The molecule has 2 aromatic carbocycles. The molecule has 7 heteroatoms. The van der Waals surface area contributed by atoms with Crippen LogP contribution in [0.3, 0.4) is 0 Å². The summed E-state index contributed by atoms with van der Waals surface area (Å²) < 4.78 is 19.7. The lowest BCUT2D eigenvalue weighted by atomic mass is 10.1. The van der Waals surface area contributed by atoms with Crippen molar-refractivity contribution in [2.75, 3.05) is 26.2 Å². The smallest absolute Gasteiger partial charge is 0.254 e. The number of amides is 2. The van der Waals surface area contributed by atoms with Gasteiger partial charge in [-0.15, -0.1) is 0 Å². The summed E-state index contributed by atoms with van der Waals surface area (Å²) in [5.41, 5.74) is 0.538. The van der Waals surface area contributed by atoms with Crippen molar-refractivity contribution < 1.29 is 23.8 Å². The molecule has 186 valence electrons. The van der Waals surface area contributed by atoms with Gasteiger partial charge in [0.05, 0.1) is 12.7 Å². The van der Waals surface area contributed by atoms with Crippen LogP contribution in [0.5, 0.6) is 0 Å². The Morgan fingerprint density at radius 1 is 1.20 bits per heavy atom. The lowest BCUT2D eigenvalue weighted by Crippen LogP contribution is -2.40. The van der Waals surface area contributed by atoms with Crippen molar-refractivity contribution in [3.8, 4) is 11.8 Å². The van der Waals surface area contributed by atoms with Gasteiger partial charge in [-0.1, -0.05) is 43.9 Å². The van der Waals surface area contributed by atoms with Crippen LogP contribution in [0.25, 0.3) is 0 Å². The van der Waals surface area contributed by atoms with Gasteiger partial charge in [0.15, 0.2) is 0 Å². The van der Waals surface area contributed by atoms with Gasteiger partial charge in [0.1, 0.15) is 18.0 Å². The van der Waals surface area contributed by atoms with E-state index in [-0.39, 0.29) is 43.2 Å². The molecule has 0 saturated carbocycles. The summed E-state index contributed by atoms with van der Waals surface area (Å²) in [5, 5.41) is 9.86. The number of hydrogen-bond donors (Lipinski definition) is 1. The molecule has 0 spiro atoms. The fourth-order valence-corrected chi connectivity index (χ4v) is 3.83. The molecule has 1 aliphatic heterocycles. The Morgan fingerprint density at radius 3 is 2.63 bits per heavy atom. The average molecular weight is 481 g/mol. The predicted octanol–water partition coefficient (Wildman–Crippen LogP) is 3.47. The predicted molar refractivity (Wildman–Crippen MR) is 132 cm³/mol. The molecule has 2 aromatic rings. The van der Waals surface area contributed by atoms with E-state index in [0.717, 1.165) is 0 Å².